The van der Waals surface area contributed by atoms with Gasteiger partial charge in [-0.15, -0.1) is 11.8 Å². The highest BCUT2D eigenvalue weighted by Crippen LogP contribution is 2.38. The second kappa shape index (κ2) is 7.83. The molecule has 0 aliphatic carbocycles. The van der Waals surface area contributed by atoms with E-state index >= 15 is 0 Å². The number of thioether (sulfide) groups is 1. The van der Waals surface area contributed by atoms with Gasteiger partial charge in [-0.2, -0.15) is 0 Å². The summed E-state index contributed by atoms with van der Waals surface area (Å²) in [4.78, 5) is 13.4. The number of hydrogen-bond donors (Lipinski definition) is 1. The predicted molar refractivity (Wildman–Crippen MR) is 102 cm³/mol. The first-order valence-corrected chi connectivity index (χ1v) is 9.49. The molecule has 2 aromatic carbocycles. The van der Waals surface area contributed by atoms with Crippen LogP contribution in [0.5, 0.6) is 11.5 Å². The predicted octanol–water partition coefficient (Wildman–Crippen LogP) is 4.45. The number of rotatable bonds is 6. The molecule has 0 bridgehead atoms. The molecule has 0 unspecified atom stereocenters. The van der Waals surface area contributed by atoms with E-state index in [0.717, 1.165) is 22.6 Å². The van der Waals surface area contributed by atoms with Crippen molar-refractivity contribution in [1.29, 1.82) is 0 Å². The highest BCUT2D eigenvalue weighted by molar-refractivity contribution is 8.00. The Morgan fingerprint density at radius 2 is 2.08 bits per heavy atom. The van der Waals surface area contributed by atoms with E-state index in [4.69, 9.17) is 9.47 Å². The lowest BCUT2D eigenvalue weighted by molar-refractivity contribution is -0.113. The first-order chi connectivity index (χ1) is 12.0. The minimum Gasteiger partial charge on any atom is -0.492 e. The Balaban J connectivity index is 1.67. The van der Waals surface area contributed by atoms with Crippen molar-refractivity contribution in [2.75, 3.05) is 17.7 Å². The van der Waals surface area contributed by atoms with Crippen molar-refractivity contribution in [3.05, 3.63) is 47.5 Å². The monoisotopic (exact) mass is 357 g/mol. The van der Waals surface area contributed by atoms with E-state index in [1.165, 1.54) is 17.3 Å². The van der Waals surface area contributed by atoms with Gasteiger partial charge in [0.1, 0.15) is 17.6 Å². The quantitative estimate of drug-likeness (QED) is 0.776. The van der Waals surface area contributed by atoms with Crippen LogP contribution in [0, 0.1) is 6.92 Å². The van der Waals surface area contributed by atoms with E-state index < -0.39 is 0 Å². The van der Waals surface area contributed by atoms with E-state index in [0.29, 0.717) is 23.8 Å². The van der Waals surface area contributed by atoms with Crippen LogP contribution < -0.4 is 14.8 Å². The number of nitrogens with one attached hydrogen (secondary N) is 1. The highest BCUT2D eigenvalue weighted by atomic mass is 32.2. The molecule has 1 aliphatic rings. The van der Waals surface area contributed by atoms with Crippen LogP contribution in [-0.4, -0.2) is 24.4 Å². The number of carbonyl (C=O) groups is 1. The summed E-state index contributed by atoms with van der Waals surface area (Å²) >= 11 is 1.52. The van der Waals surface area contributed by atoms with Gasteiger partial charge in [0, 0.05) is 22.9 Å². The van der Waals surface area contributed by atoms with Gasteiger partial charge in [0.05, 0.1) is 18.0 Å². The van der Waals surface area contributed by atoms with Gasteiger partial charge in [-0.1, -0.05) is 17.7 Å². The standard InChI is InChI=1S/C20H23NO3S/c1-4-23-19-10-15-9-14(3)24-18(15)11-17(19)21-20(22)12-25-16-7-5-13(2)6-8-16/h5-8,10-11,14H,4,9,12H2,1-3H3,(H,21,22)/t14-/m0/s1. The largest absolute Gasteiger partial charge is 0.492 e. The molecule has 0 radical (unpaired) electrons. The zero-order valence-corrected chi connectivity index (χ0v) is 15.6. The third-order valence-corrected chi connectivity index (χ3v) is 4.98. The Bertz CT molecular complexity index is 758. The molecule has 3 rings (SSSR count). The lowest BCUT2D eigenvalue weighted by Gasteiger charge is -2.13. The van der Waals surface area contributed by atoms with Gasteiger partial charge in [0.2, 0.25) is 5.91 Å². The molecule has 0 saturated carbocycles. The number of hydrogen-bond acceptors (Lipinski definition) is 4. The third-order valence-electron chi connectivity index (χ3n) is 3.96. The van der Waals surface area contributed by atoms with Crippen LogP contribution in [0.15, 0.2) is 41.3 Å². The smallest absolute Gasteiger partial charge is 0.234 e. The summed E-state index contributed by atoms with van der Waals surface area (Å²) in [6.45, 7) is 6.57. The van der Waals surface area contributed by atoms with Crippen molar-refractivity contribution in [1.82, 2.24) is 0 Å². The van der Waals surface area contributed by atoms with Gasteiger partial charge in [-0.3, -0.25) is 4.79 Å². The maximum atomic E-state index is 12.3. The number of benzene rings is 2. The number of carbonyl (C=O) groups excluding carboxylic acids is 1. The molecule has 25 heavy (non-hydrogen) atoms. The Morgan fingerprint density at radius 3 is 2.80 bits per heavy atom. The van der Waals surface area contributed by atoms with Crippen molar-refractivity contribution in [3.8, 4) is 11.5 Å². The molecule has 0 saturated heterocycles. The minimum absolute atomic E-state index is 0.0578. The Hall–Kier alpha value is -2.14. The van der Waals surface area contributed by atoms with Gasteiger partial charge in [0.15, 0.2) is 0 Å². The van der Waals surface area contributed by atoms with Crippen LogP contribution in [0.2, 0.25) is 0 Å². The summed E-state index contributed by atoms with van der Waals surface area (Å²) in [6, 6.07) is 12.0. The molecule has 4 nitrogen and oxygen atoms in total. The van der Waals surface area contributed by atoms with Crippen molar-refractivity contribution in [2.45, 2.75) is 38.2 Å². The first-order valence-electron chi connectivity index (χ1n) is 8.51. The Morgan fingerprint density at radius 1 is 1.32 bits per heavy atom. The summed E-state index contributed by atoms with van der Waals surface area (Å²) < 4.78 is 11.5. The molecule has 0 fully saturated rings. The molecule has 5 heteroatoms. The fourth-order valence-electron chi connectivity index (χ4n) is 2.78. The van der Waals surface area contributed by atoms with Gasteiger partial charge >= 0.3 is 0 Å². The summed E-state index contributed by atoms with van der Waals surface area (Å²) in [6.07, 6.45) is 1.03. The summed E-state index contributed by atoms with van der Waals surface area (Å²) in [7, 11) is 0. The van der Waals surface area contributed by atoms with Gasteiger partial charge in [-0.05, 0) is 39.0 Å². The van der Waals surface area contributed by atoms with Crippen LogP contribution in [-0.2, 0) is 11.2 Å². The highest BCUT2D eigenvalue weighted by Gasteiger charge is 2.22. The summed E-state index contributed by atoms with van der Waals surface area (Å²) in [5.74, 6) is 1.82. The van der Waals surface area contributed by atoms with Crippen LogP contribution in [0.1, 0.15) is 25.0 Å². The number of amides is 1. The lowest BCUT2D eigenvalue weighted by Crippen LogP contribution is -2.15. The van der Waals surface area contributed by atoms with Gasteiger partial charge in [0.25, 0.3) is 0 Å². The molecular weight excluding hydrogens is 334 g/mol. The van der Waals surface area contributed by atoms with Crippen LogP contribution in [0.4, 0.5) is 5.69 Å². The second-order valence-electron chi connectivity index (χ2n) is 6.17. The van der Waals surface area contributed by atoms with Crippen LogP contribution >= 0.6 is 11.8 Å². The van der Waals surface area contributed by atoms with E-state index in [1.54, 1.807) is 0 Å². The van der Waals surface area contributed by atoms with Crippen molar-refractivity contribution < 1.29 is 14.3 Å². The molecule has 1 aliphatic heterocycles. The van der Waals surface area contributed by atoms with E-state index in [1.807, 2.05) is 57.2 Å². The van der Waals surface area contributed by atoms with E-state index in [2.05, 4.69) is 5.32 Å². The van der Waals surface area contributed by atoms with Crippen LogP contribution in [0.3, 0.4) is 0 Å². The molecule has 0 aromatic heterocycles. The molecule has 2 aromatic rings. The Kier molecular flexibility index (Phi) is 5.53. The first kappa shape index (κ1) is 17.7. The topological polar surface area (TPSA) is 47.6 Å². The number of fused-ring (bicyclic) bond motifs is 1. The van der Waals surface area contributed by atoms with Gasteiger partial charge in [-0.25, -0.2) is 0 Å². The summed E-state index contributed by atoms with van der Waals surface area (Å²) in [5.41, 5.74) is 3.01. The fraction of sp³-hybridized carbons (Fsp3) is 0.350. The fourth-order valence-corrected chi connectivity index (χ4v) is 3.48. The Labute approximate surface area is 152 Å². The molecular formula is C20H23NO3S. The minimum atomic E-state index is -0.0578. The summed E-state index contributed by atoms with van der Waals surface area (Å²) in [5, 5.41) is 2.96. The maximum absolute atomic E-state index is 12.3. The number of ether oxygens (including phenoxy) is 2. The SMILES string of the molecule is CCOc1cc2c(cc1NC(=O)CSc1ccc(C)cc1)O[C@@H](C)C2. The van der Waals surface area contributed by atoms with E-state index in [9.17, 15) is 4.79 Å². The van der Waals surface area contributed by atoms with E-state index in [-0.39, 0.29) is 12.0 Å². The normalized spacial score (nSPS) is 15.4. The molecule has 1 atom stereocenters. The van der Waals surface area contributed by atoms with Crippen molar-refractivity contribution in [2.24, 2.45) is 0 Å². The second-order valence-corrected chi connectivity index (χ2v) is 7.22. The van der Waals surface area contributed by atoms with Gasteiger partial charge < -0.3 is 14.8 Å². The molecule has 0 spiro atoms. The van der Waals surface area contributed by atoms with Crippen LogP contribution in [0.25, 0.3) is 0 Å². The maximum Gasteiger partial charge on any atom is 0.234 e. The number of aryl methyl sites for hydroxylation is 1. The molecule has 1 N–H and O–H groups in total. The lowest BCUT2D eigenvalue weighted by atomic mass is 10.1. The molecule has 132 valence electrons. The molecule has 1 amide bonds. The zero-order valence-electron chi connectivity index (χ0n) is 14.8. The van der Waals surface area contributed by atoms with Crippen molar-refractivity contribution in [3.63, 3.8) is 0 Å². The number of anilines is 1. The molecule has 1 heterocycles. The van der Waals surface area contributed by atoms with Crippen molar-refractivity contribution >= 4 is 23.4 Å². The zero-order chi connectivity index (χ0) is 17.8. The average molecular weight is 357 g/mol. The average Bonchev–Trinajstić information content (AvgIpc) is 2.94. The third kappa shape index (κ3) is 4.48.